The Bertz CT molecular complexity index is 142. The molecule has 0 spiro atoms. The second kappa shape index (κ2) is 8.41. The van der Waals surface area contributed by atoms with E-state index in [-0.39, 0.29) is 6.10 Å². The highest BCUT2D eigenvalue weighted by molar-refractivity contribution is 7.80. The van der Waals surface area contributed by atoms with E-state index in [1.54, 1.807) is 0 Å². The van der Waals surface area contributed by atoms with Gasteiger partial charge in [0.2, 0.25) is 0 Å². The highest BCUT2D eigenvalue weighted by Gasteiger charge is 2.08. The summed E-state index contributed by atoms with van der Waals surface area (Å²) in [6.45, 7) is 6.04. The molecule has 0 aliphatic carbocycles. The van der Waals surface area contributed by atoms with Crippen LogP contribution in [0.5, 0.6) is 0 Å². The SMILES string of the molecule is CCCOCCOC(CC)C(N)=S. The van der Waals surface area contributed by atoms with Crippen LogP contribution in [0.3, 0.4) is 0 Å². The van der Waals surface area contributed by atoms with Gasteiger partial charge in [0.05, 0.1) is 13.2 Å². The van der Waals surface area contributed by atoms with Gasteiger partial charge in [0.25, 0.3) is 0 Å². The molecule has 0 aromatic heterocycles. The van der Waals surface area contributed by atoms with Crippen molar-refractivity contribution < 1.29 is 9.47 Å². The number of hydrogen-bond donors (Lipinski definition) is 1. The summed E-state index contributed by atoms with van der Waals surface area (Å²) in [5, 5.41) is 0. The van der Waals surface area contributed by atoms with Crippen LogP contribution in [0.25, 0.3) is 0 Å². The Hall–Kier alpha value is -0.190. The molecule has 0 aromatic rings. The molecule has 0 radical (unpaired) electrons. The smallest absolute Gasteiger partial charge is 0.107 e. The zero-order valence-electron chi connectivity index (χ0n) is 8.41. The van der Waals surface area contributed by atoms with Gasteiger partial charge in [0.15, 0.2) is 0 Å². The van der Waals surface area contributed by atoms with Gasteiger partial charge in [-0.05, 0) is 12.8 Å². The Balaban J connectivity index is 3.33. The van der Waals surface area contributed by atoms with Gasteiger partial charge in [-0.15, -0.1) is 0 Å². The Morgan fingerprint density at radius 1 is 1.31 bits per heavy atom. The van der Waals surface area contributed by atoms with E-state index < -0.39 is 0 Å². The molecule has 0 saturated carbocycles. The summed E-state index contributed by atoms with van der Waals surface area (Å²) in [6.07, 6.45) is 1.76. The van der Waals surface area contributed by atoms with Crippen LogP contribution >= 0.6 is 12.2 Å². The number of rotatable bonds is 8. The molecule has 0 bridgehead atoms. The van der Waals surface area contributed by atoms with Gasteiger partial charge >= 0.3 is 0 Å². The fraction of sp³-hybridized carbons (Fsp3) is 0.889. The first kappa shape index (κ1) is 12.8. The first-order chi connectivity index (χ1) is 6.22. The summed E-state index contributed by atoms with van der Waals surface area (Å²) >= 11 is 4.83. The molecule has 0 aliphatic heterocycles. The minimum atomic E-state index is -0.0970. The molecule has 13 heavy (non-hydrogen) atoms. The lowest BCUT2D eigenvalue weighted by Crippen LogP contribution is -2.29. The summed E-state index contributed by atoms with van der Waals surface area (Å²) in [6, 6.07) is 0. The summed E-state index contributed by atoms with van der Waals surface area (Å²) < 4.78 is 10.7. The molecule has 1 unspecified atom stereocenters. The van der Waals surface area contributed by atoms with Gasteiger partial charge in [0.1, 0.15) is 11.1 Å². The zero-order valence-corrected chi connectivity index (χ0v) is 9.23. The molecule has 0 rings (SSSR count). The molecule has 0 amide bonds. The van der Waals surface area contributed by atoms with Gasteiger partial charge in [0, 0.05) is 6.61 Å². The fourth-order valence-corrected chi connectivity index (χ4v) is 1.13. The Kier molecular flexibility index (Phi) is 8.29. The van der Waals surface area contributed by atoms with Gasteiger partial charge in [-0.2, -0.15) is 0 Å². The van der Waals surface area contributed by atoms with Crippen LogP contribution in [0.15, 0.2) is 0 Å². The lowest BCUT2D eigenvalue weighted by Gasteiger charge is -2.14. The van der Waals surface area contributed by atoms with Crippen LogP contribution in [0.2, 0.25) is 0 Å². The molecule has 0 saturated heterocycles. The van der Waals surface area contributed by atoms with Crippen LogP contribution < -0.4 is 5.73 Å². The fourth-order valence-electron chi connectivity index (χ4n) is 0.897. The molecule has 0 heterocycles. The van der Waals surface area contributed by atoms with Gasteiger partial charge in [-0.3, -0.25) is 0 Å². The van der Waals surface area contributed by atoms with E-state index >= 15 is 0 Å². The molecule has 2 N–H and O–H groups in total. The van der Waals surface area contributed by atoms with E-state index in [1.807, 2.05) is 6.92 Å². The van der Waals surface area contributed by atoms with Crippen molar-refractivity contribution in [1.29, 1.82) is 0 Å². The van der Waals surface area contributed by atoms with E-state index in [1.165, 1.54) is 0 Å². The zero-order chi connectivity index (χ0) is 10.1. The van der Waals surface area contributed by atoms with Crippen LogP contribution in [0.4, 0.5) is 0 Å². The minimum absolute atomic E-state index is 0.0970. The van der Waals surface area contributed by atoms with Crippen LogP contribution in [0.1, 0.15) is 26.7 Å². The van der Waals surface area contributed by atoms with Crippen LogP contribution in [-0.2, 0) is 9.47 Å². The third kappa shape index (κ3) is 6.93. The third-order valence-electron chi connectivity index (χ3n) is 1.58. The highest BCUT2D eigenvalue weighted by Crippen LogP contribution is 1.98. The van der Waals surface area contributed by atoms with Gasteiger partial charge in [-0.25, -0.2) is 0 Å². The third-order valence-corrected chi connectivity index (χ3v) is 1.85. The summed E-state index contributed by atoms with van der Waals surface area (Å²) in [5.74, 6) is 0. The van der Waals surface area contributed by atoms with Crippen LogP contribution in [-0.4, -0.2) is 30.9 Å². The molecular formula is C9H19NO2S. The Morgan fingerprint density at radius 2 is 2.00 bits per heavy atom. The van der Waals surface area contributed by atoms with Gasteiger partial charge < -0.3 is 15.2 Å². The van der Waals surface area contributed by atoms with Crippen molar-refractivity contribution in [1.82, 2.24) is 0 Å². The van der Waals surface area contributed by atoms with E-state index in [2.05, 4.69) is 6.92 Å². The first-order valence-electron chi connectivity index (χ1n) is 4.71. The van der Waals surface area contributed by atoms with Crippen molar-refractivity contribution in [3.05, 3.63) is 0 Å². The summed E-state index contributed by atoms with van der Waals surface area (Å²) in [4.78, 5) is 0.429. The molecule has 0 aliphatic rings. The Morgan fingerprint density at radius 3 is 2.46 bits per heavy atom. The second-order valence-electron chi connectivity index (χ2n) is 2.78. The van der Waals surface area contributed by atoms with Crippen LogP contribution in [0, 0.1) is 0 Å². The van der Waals surface area contributed by atoms with Gasteiger partial charge in [-0.1, -0.05) is 26.1 Å². The van der Waals surface area contributed by atoms with E-state index in [9.17, 15) is 0 Å². The average molecular weight is 205 g/mol. The maximum atomic E-state index is 5.45. The summed E-state index contributed by atoms with van der Waals surface area (Å²) in [5.41, 5.74) is 5.45. The highest BCUT2D eigenvalue weighted by atomic mass is 32.1. The van der Waals surface area contributed by atoms with E-state index in [4.69, 9.17) is 27.4 Å². The van der Waals surface area contributed by atoms with Crippen molar-refractivity contribution >= 4 is 17.2 Å². The van der Waals surface area contributed by atoms with Crippen molar-refractivity contribution in [3.63, 3.8) is 0 Å². The maximum absolute atomic E-state index is 5.45. The number of hydrogen-bond acceptors (Lipinski definition) is 3. The quantitative estimate of drug-likeness (QED) is 0.482. The summed E-state index contributed by atoms with van der Waals surface area (Å²) in [7, 11) is 0. The minimum Gasteiger partial charge on any atom is -0.391 e. The predicted molar refractivity (Wildman–Crippen MR) is 57.9 cm³/mol. The van der Waals surface area contributed by atoms with Crippen molar-refractivity contribution in [2.45, 2.75) is 32.8 Å². The molecule has 0 fully saturated rings. The van der Waals surface area contributed by atoms with Crippen molar-refractivity contribution in [3.8, 4) is 0 Å². The lowest BCUT2D eigenvalue weighted by molar-refractivity contribution is 0.0296. The molecule has 4 heteroatoms. The predicted octanol–water partition coefficient (Wildman–Crippen LogP) is 1.49. The number of nitrogens with two attached hydrogens (primary N) is 1. The number of ether oxygens (including phenoxy) is 2. The molecule has 0 aromatic carbocycles. The number of thiocarbonyl (C=S) groups is 1. The molecule has 78 valence electrons. The standard InChI is InChI=1S/C9H19NO2S/c1-3-5-11-6-7-12-8(4-2)9(10)13/h8H,3-7H2,1-2H3,(H2,10,13). The van der Waals surface area contributed by atoms with E-state index in [0.29, 0.717) is 18.2 Å². The van der Waals surface area contributed by atoms with Crippen molar-refractivity contribution in [2.24, 2.45) is 5.73 Å². The molecular weight excluding hydrogens is 186 g/mol. The Labute approximate surface area is 85.6 Å². The first-order valence-corrected chi connectivity index (χ1v) is 5.11. The maximum Gasteiger partial charge on any atom is 0.107 e. The molecule has 1 atom stereocenters. The topological polar surface area (TPSA) is 44.5 Å². The normalized spacial score (nSPS) is 12.8. The monoisotopic (exact) mass is 205 g/mol. The average Bonchev–Trinajstić information content (AvgIpc) is 2.10. The second-order valence-corrected chi connectivity index (χ2v) is 3.25. The van der Waals surface area contributed by atoms with Crippen molar-refractivity contribution in [2.75, 3.05) is 19.8 Å². The lowest BCUT2D eigenvalue weighted by atomic mass is 10.3. The molecule has 3 nitrogen and oxygen atoms in total. The van der Waals surface area contributed by atoms with E-state index in [0.717, 1.165) is 19.4 Å². The largest absolute Gasteiger partial charge is 0.391 e.